The lowest BCUT2D eigenvalue weighted by Gasteiger charge is -2.16. The lowest BCUT2D eigenvalue weighted by molar-refractivity contribution is -0.125. The molecule has 0 radical (unpaired) electrons. The van der Waals surface area contributed by atoms with Crippen molar-refractivity contribution in [2.75, 3.05) is 13.1 Å². The Hall–Kier alpha value is -2.14. The molecule has 0 unspecified atom stereocenters. The number of aryl methyl sites for hydroxylation is 1. The van der Waals surface area contributed by atoms with E-state index in [2.05, 4.69) is 4.98 Å². The molecule has 2 rings (SSSR count). The van der Waals surface area contributed by atoms with E-state index in [-0.39, 0.29) is 5.91 Å². The quantitative estimate of drug-likeness (QED) is 0.723. The minimum Gasteiger partial charge on any atom is -0.487 e. The Morgan fingerprint density at radius 1 is 1.30 bits per heavy atom. The Bertz CT molecular complexity index is 675. The predicted octanol–water partition coefficient (Wildman–Crippen LogP) is 3.91. The number of benzene rings is 1. The third-order valence-electron chi connectivity index (χ3n) is 3.44. The van der Waals surface area contributed by atoms with E-state index in [1.54, 1.807) is 22.3 Å². The molecule has 0 saturated carbocycles. The first-order valence-corrected chi connectivity index (χ1v) is 8.61. The van der Waals surface area contributed by atoms with E-state index in [0.717, 1.165) is 22.0 Å². The summed E-state index contributed by atoms with van der Waals surface area (Å²) in [5, 5.41) is 3.03. The van der Waals surface area contributed by atoms with E-state index in [9.17, 15) is 4.79 Å². The summed E-state index contributed by atoms with van der Waals surface area (Å²) in [6.45, 7) is 7.77. The molecule has 0 aliphatic rings. The number of rotatable bonds is 7. The smallest absolute Gasteiger partial charge is 0.246 e. The van der Waals surface area contributed by atoms with Crippen LogP contribution in [0.1, 0.15) is 30.1 Å². The average Bonchev–Trinajstić information content (AvgIpc) is 2.98. The fourth-order valence-electron chi connectivity index (χ4n) is 2.18. The molecule has 23 heavy (non-hydrogen) atoms. The molecule has 0 spiro atoms. The largest absolute Gasteiger partial charge is 0.487 e. The van der Waals surface area contributed by atoms with Gasteiger partial charge < -0.3 is 9.64 Å². The van der Waals surface area contributed by atoms with Gasteiger partial charge in [0.15, 0.2) is 0 Å². The SMILES string of the molecule is CCN(CC)C(=O)/C=C/c1ccccc1OCc1csc(C)n1. The number of ether oxygens (including phenoxy) is 1. The van der Waals surface area contributed by atoms with Crippen LogP contribution in [0.25, 0.3) is 6.08 Å². The van der Waals surface area contributed by atoms with Gasteiger partial charge in [0.1, 0.15) is 12.4 Å². The van der Waals surface area contributed by atoms with Gasteiger partial charge in [-0.1, -0.05) is 18.2 Å². The van der Waals surface area contributed by atoms with E-state index in [0.29, 0.717) is 19.7 Å². The van der Waals surface area contributed by atoms with Crippen LogP contribution in [0, 0.1) is 6.92 Å². The molecule has 0 N–H and O–H groups in total. The van der Waals surface area contributed by atoms with Crippen molar-refractivity contribution < 1.29 is 9.53 Å². The first-order chi connectivity index (χ1) is 11.1. The van der Waals surface area contributed by atoms with Crippen LogP contribution < -0.4 is 4.74 Å². The van der Waals surface area contributed by atoms with Gasteiger partial charge in [0.05, 0.1) is 10.7 Å². The summed E-state index contributed by atoms with van der Waals surface area (Å²) in [5.74, 6) is 0.765. The molecule has 5 heteroatoms. The Morgan fingerprint density at radius 3 is 2.70 bits per heavy atom. The standard InChI is InChI=1S/C18H22N2O2S/c1-4-20(5-2)18(21)11-10-15-8-6-7-9-17(15)22-12-16-13-23-14(3)19-16/h6-11,13H,4-5,12H2,1-3H3/b11-10+. The molecular formula is C18H22N2O2S. The van der Waals surface area contributed by atoms with Crippen molar-refractivity contribution in [3.8, 4) is 5.75 Å². The number of amides is 1. The highest BCUT2D eigenvalue weighted by atomic mass is 32.1. The Balaban J connectivity index is 2.06. The van der Waals surface area contributed by atoms with Crippen molar-refractivity contribution in [2.24, 2.45) is 0 Å². The van der Waals surface area contributed by atoms with Gasteiger partial charge in [0.25, 0.3) is 0 Å². The molecule has 122 valence electrons. The maximum absolute atomic E-state index is 12.1. The van der Waals surface area contributed by atoms with Crippen LogP contribution in [0.3, 0.4) is 0 Å². The minimum absolute atomic E-state index is 0.0138. The number of nitrogens with zero attached hydrogens (tertiary/aromatic N) is 2. The Morgan fingerprint density at radius 2 is 2.04 bits per heavy atom. The molecule has 1 heterocycles. The van der Waals surface area contributed by atoms with Crippen molar-refractivity contribution >= 4 is 23.3 Å². The van der Waals surface area contributed by atoms with Gasteiger partial charge in [-0.25, -0.2) is 4.98 Å². The number of likely N-dealkylation sites (N-methyl/N-ethyl adjacent to an activating group) is 1. The molecule has 2 aromatic rings. The molecule has 0 saturated heterocycles. The van der Waals surface area contributed by atoms with E-state index in [1.165, 1.54) is 0 Å². The predicted molar refractivity (Wildman–Crippen MR) is 94.6 cm³/mol. The molecule has 4 nitrogen and oxygen atoms in total. The third kappa shape index (κ3) is 4.93. The maximum atomic E-state index is 12.1. The van der Waals surface area contributed by atoms with Crippen LogP contribution in [0.15, 0.2) is 35.7 Å². The molecule has 0 aliphatic carbocycles. The second-order valence-electron chi connectivity index (χ2n) is 5.03. The summed E-state index contributed by atoms with van der Waals surface area (Å²) >= 11 is 1.61. The van der Waals surface area contributed by atoms with E-state index in [4.69, 9.17) is 4.74 Å². The third-order valence-corrected chi connectivity index (χ3v) is 4.26. The van der Waals surface area contributed by atoms with Gasteiger partial charge in [0, 0.05) is 30.1 Å². The van der Waals surface area contributed by atoms with Gasteiger partial charge in [-0.05, 0) is 32.9 Å². The van der Waals surface area contributed by atoms with Gasteiger partial charge in [0.2, 0.25) is 5.91 Å². The van der Waals surface area contributed by atoms with Crippen LogP contribution in [0.4, 0.5) is 0 Å². The van der Waals surface area contributed by atoms with E-state index >= 15 is 0 Å². The number of thiazole rings is 1. The highest BCUT2D eigenvalue weighted by molar-refractivity contribution is 7.09. The molecule has 0 bridgehead atoms. The highest BCUT2D eigenvalue weighted by Gasteiger charge is 2.07. The van der Waals surface area contributed by atoms with Gasteiger partial charge in [-0.2, -0.15) is 0 Å². The van der Waals surface area contributed by atoms with Crippen LogP contribution in [-0.2, 0) is 11.4 Å². The normalized spacial score (nSPS) is 10.9. The zero-order valence-electron chi connectivity index (χ0n) is 13.8. The second kappa shape index (κ2) is 8.48. The fourth-order valence-corrected chi connectivity index (χ4v) is 2.77. The van der Waals surface area contributed by atoms with Crippen LogP contribution in [0.5, 0.6) is 5.75 Å². The molecule has 1 amide bonds. The van der Waals surface area contributed by atoms with E-state index in [1.807, 2.05) is 56.5 Å². The topological polar surface area (TPSA) is 42.4 Å². The molecule has 0 aliphatic heterocycles. The highest BCUT2D eigenvalue weighted by Crippen LogP contribution is 2.21. The van der Waals surface area contributed by atoms with Crippen molar-refractivity contribution in [1.29, 1.82) is 0 Å². The lowest BCUT2D eigenvalue weighted by atomic mass is 10.2. The minimum atomic E-state index is 0.0138. The number of carbonyl (C=O) groups excluding carboxylic acids is 1. The summed E-state index contributed by atoms with van der Waals surface area (Å²) in [6.07, 6.45) is 3.41. The van der Waals surface area contributed by atoms with Gasteiger partial charge in [-0.15, -0.1) is 11.3 Å². The fraction of sp³-hybridized carbons (Fsp3) is 0.333. The summed E-state index contributed by atoms with van der Waals surface area (Å²) < 4.78 is 5.85. The average molecular weight is 330 g/mol. The molecule has 0 fully saturated rings. The number of para-hydroxylation sites is 1. The molecule has 1 aromatic carbocycles. The number of hydrogen-bond acceptors (Lipinski definition) is 4. The maximum Gasteiger partial charge on any atom is 0.246 e. The zero-order valence-corrected chi connectivity index (χ0v) is 14.6. The number of aromatic nitrogens is 1. The van der Waals surface area contributed by atoms with Crippen LogP contribution in [-0.4, -0.2) is 28.9 Å². The summed E-state index contributed by atoms with van der Waals surface area (Å²) in [5.41, 5.74) is 1.81. The van der Waals surface area contributed by atoms with Crippen LogP contribution in [0.2, 0.25) is 0 Å². The lowest BCUT2D eigenvalue weighted by Crippen LogP contribution is -2.28. The summed E-state index contributed by atoms with van der Waals surface area (Å²) in [6, 6.07) is 7.70. The van der Waals surface area contributed by atoms with Crippen molar-refractivity contribution in [3.05, 3.63) is 52.0 Å². The van der Waals surface area contributed by atoms with Crippen molar-refractivity contribution in [3.63, 3.8) is 0 Å². The Labute approximate surface area is 141 Å². The van der Waals surface area contributed by atoms with Crippen LogP contribution >= 0.6 is 11.3 Å². The van der Waals surface area contributed by atoms with Crippen molar-refractivity contribution in [2.45, 2.75) is 27.4 Å². The first-order valence-electron chi connectivity index (χ1n) is 7.73. The number of hydrogen-bond donors (Lipinski definition) is 0. The Kier molecular flexibility index (Phi) is 6.35. The summed E-state index contributed by atoms with van der Waals surface area (Å²) in [7, 11) is 0. The van der Waals surface area contributed by atoms with E-state index < -0.39 is 0 Å². The molecule has 1 aromatic heterocycles. The summed E-state index contributed by atoms with van der Waals surface area (Å²) in [4.78, 5) is 18.2. The number of carbonyl (C=O) groups is 1. The first kappa shape index (κ1) is 17.2. The molecular weight excluding hydrogens is 308 g/mol. The van der Waals surface area contributed by atoms with Crippen molar-refractivity contribution in [1.82, 2.24) is 9.88 Å². The second-order valence-corrected chi connectivity index (χ2v) is 6.09. The monoisotopic (exact) mass is 330 g/mol. The molecule has 0 atom stereocenters. The zero-order chi connectivity index (χ0) is 16.7. The van der Waals surface area contributed by atoms with Gasteiger partial charge in [-0.3, -0.25) is 4.79 Å². The van der Waals surface area contributed by atoms with Gasteiger partial charge >= 0.3 is 0 Å².